The maximum Gasteiger partial charge on any atom is 0.115 e. The molecule has 2 atom stereocenters. The number of hydrogen-bond donors (Lipinski definition) is 0. The summed E-state index contributed by atoms with van der Waals surface area (Å²) < 4.78 is 0. The zero-order valence-electron chi connectivity index (χ0n) is 11.7. The molecule has 2 heterocycles. The van der Waals surface area contributed by atoms with Crippen molar-refractivity contribution in [3.63, 3.8) is 0 Å². The fourth-order valence-corrected chi connectivity index (χ4v) is 3.19. The molecule has 2 fully saturated rings. The van der Waals surface area contributed by atoms with Crippen LogP contribution in [0.3, 0.4) is 0 Å². The summed E-state index contributed by atoms with van der Waals surface area (Å²) >= 11 is 13.1. The molecule has 2 rings (SSSR count). The van der Waals surface area contributed by atoms with Gasteiger partial charge in [-0.25, -0.2) is 0 Å². The van der Waals surface area contributed by atoms with Crippen LogP contribution in [0.15, 0.2) is 0 Å². The molecule has 2 bridgehead atoms. The Bertz CT molecular complexity index is 230. The van der Waals surface area contributed by atoms with Crippen LogP contribution < -0.4 is 0 Å². The Morgan fingerprint density at radius 1 is 0.632 bits per heavy atom. The second-order valence-electron chi connectivity index (χ2n) is 5.42. The van der Waals surface area contributed by atoms with Crippen molar-refractivity contribution in [2.45, 2.75) is 11.0 Å². The van der Waals surface area contributed by atoms with E-state index in [0.717, 1.165) is 52.4 Å². The minimum absolute atomic E-state index is 0. The summed E-state index contributed by atoms with van der Waals surface area (Å²) in [4.78, 5) is 9.36. The van der Waals surface area contributed by atoms with Crippen LogP contribution in [0.5, 0.6) is 0 Å². The molecule has 0 saturated carbocycles. The largest absolute Gasteiger partial charge is 0.304 e. The Morgan fingerprint density at radius 2 is 0.895 bits per heavy atom. The summed E-state index contributed by atoms with van der Waals surface area (Å²) in [5, 5.41) is 0. The first kappa shape index (κ1) is 18.0. The van der Waals surface area contributed by atoms with Gasteiger partial charge in [-0.15, -0.1) is 23.2 Å². The quantitative estimate of drug-likeness (QED) is 0.360. The predicted octanol–water partition coefficient (Wildman–Crippen LogP) is 0.608. The number of fused-ring (bicyclic) bond motifs is 3. The molecule has 0 amide bonds. The molecular weight excluding hydrogens is 327 g/mol. The molecule has 2 unspecified atom stereocenters. The summed E-state index contributed by atoms with van der Waals surface area (Å²) in [6.07, 6.45) is 0. The van der Waals surface area contributed by atoms with Crippen molar-refractivity contribution < 1.29 is 17.1 Å². The molecule has 0 spiro atoms. The third-order valence-electron chi connectivity index (χ3n) is 4.00. The van der Waals surface area contributed by atoms with Gasteiger partial charge in [0.25, 0.3) is 0 Å². The van der Waals surface area contributed by atoms with Crippen LogP contribution in [0.1, 0.15) is 0 Å². The Kier molecular flexibility index (Phi) is 7.95. The topological polar surface area (TPSA) is 13.0 Å². The van der Waals surface area contributed by atoms with Gasteiger partial charge in [-0.2, -0.15) is 0 Å². The number of rotatable bonds is 0. The molecule has 0 N–H and O–H groups in total. The van der Waals surface area contributed by atoms with Gasteiger partial charge in [0.05, 0.1) is 0 Å². The van der Waals surface area contributed by atoms with Gasteiger partial charge in [-0.1, -0.05) is 0 Å². The predicted molar refractivity (Wildman–Crippen MR) is 77.4 cm³/mol. The summed E-state index contributed by atoms with van der Waals surface area (Å²) in [6, 6.07) is 0. The molecule has 19 heavy (non-hydrogen) atoms. The Morgan fingerprint density at radius 3 is 1.16 bits per heavy atom. The van der Waals surface area contributed by atoms with Crippen LogP contribution in [-0.2, 0) is 17.1 Å². The first-order valence-electron chi connectivity index (χ1n) is 6.71. The third-order valence-corrected chi connectivity index (χ3v) is 5.16. The van der Waals surface area contributed by atoms with Crippen molar-refractivity contribution in [1.29, 1.82) is 0 Å². The van der Waals surface area contributed by atoms with Crippen LogP contribution in [0.4, 0.5) is 0 Å². The first-order valence-corrected chi connectivity index (χ1v) is 7.58. The van der Waals surface area contributed by atoms with Crippen molar-refractivity contribution in [1.82, 2.24) is 19.6 Å². The summed E-state index contributed by atoms with van der Waals surface area (Å²) in [5.41, 5.74) is -0.186. The first-order chi connectivity index (χ1) is 8.58. The molecule has 0 aromatic heterocycles. The monoisotopic (exact) mass is 350 g/mol. The molecule has 2 saturated heterocycles. The van der Waals surface area contributed by atoms with E-state index in [-0.39, 0.29) is 28.1 Å². The minimum Gasteiger partial charge on any atom is -0.304 e. The SMILES string of the molecule is CN1CCN2CCN(C)CCN(CC1)C(Cl)C2Cl.[Fe]. The molecule has 0 aliphatic carbocycles. The smallest absolute Gasteiger partial charge is 0.115 e. The fraction of sp³-hybridized carbons (Fsp3) is 1.00. The van der Waals surface area contributed by atoms with E-state index in [9.17, 15) is 0 Å². The molecule has 0 aromatic rings. The molecule has 2 aliphatic rings. The number of nitrogens with zero attached hydrogens (tertiary/aromatic N) is 4. The van der Waals surface area contributed by atoms with Crippen molar-refractivity contribution in [2.24, 2.45) is 0 Å². The van der Waals surface area contributed by atoms with Gasteiger partial charge in [0.15, 0.2) is 0 Å². The van der Waals surface area contributed by atoms with Crippen LogP contribution in [-0.4, -0.2) is 97.1 Å². The molecule has 7 heteroatoms. The number of hydrogen-bond acceptors (Lipinski definition) is 4. The second kappa shape index (κ2) is 8.40. The molecular formula is C12H24Cl2FeN4. The van der Waals surface area contributed by atoms with Gasteiger partial charge in [-0.05, 0) is 14.1 Å². The summed E-state index contributed by atoms with van der Waals surface area (Å²) in [7, 11) is 4.35. The molecule has 114 valence electrons. The zero-order valence-corrected chi connectivity index (χ0v) is 14.3. The Labute approximate surface area is 137 Å². The van der Waals surface area contributed by atoms with Crippen molar-refractivity contribution in [3.8, 4) is 0 Å². The van der Waals surface area contributed by atoms with Gasteiger partial charge < -0.3 is 9.80 Å². The van der Waals surface area contributed by atoms with E-state index in [1.54, 1.807) is 0 Å². The van der Waals surface area contributed by atoms with Crippen molar-refractivity contribution in [2.75, 3.05) is 66.5 Å². The van der Waals surface area contributed by atoms with E-state index in [2.05, 4.69) is 33.7 Å². The zero-order chi connectivity index (χ0) is 13.1. The van der Waals surface area contributed by atoms with Gasteiger partial charge in [0.1, 0.15) is 11.0 Å². The standard InChI is InChI=1S/C12H24Cl2N4.Fe/c1-15-3-7-17-9-5-16(2)6-10-18(8-4-15)12(14)11(17)13;/h11-12H,3-10H2,1-2H3;. The van der Waals surface area contributed by atoms with Crippen molar-refractivity contribution >= 4 is 23.2 Å². The van der Waals surface area contributed by atoms with Gasteiger partial charge >= 0.3 is 0 Å². The van der Waals surface area contributed by atoms with Crippen LogP contribution in [0.25, 0.3) is 0 Å². The number of alkyl halides is 2. The van der Waals surface area contributed by atoms with E-state index in [1.165, 1.54) is 0 Å². The number of likely N-dealkylation sites (N-methyl/N-ethyl adjacent to an activating group) is 2. The average molecular weight is 351 g/mol. The number of halogens is 2. The van der Waals surface area contributed by atoms with E-state index in [4.69, 9.17) is 23.2 Å². The molecule has 0 aromatic carbocycles. The Balaban J connectivity index is 0.00000180. The van der Waals surface area contributed by atoms with Crippen LogP contribution in [0.2, 0.25) is 0 Å². The Hall–Kier alpha value is 0.939. The maximum absolute atomic E-state index is 6.57. The fourth-order valence-electron chi connectivity index (χ4n) is 2.49. The third kappa shape index (κ3) is 5.01. The molecule has 2 aliphatic heterocycles. The molecule has 4 nitrogen and oxygen atoms in total. The second-order valence-corrected chi connectivity index (χ2v) is 6.32. The van der Waals surface area contributed by atoms with Crippen LogP contribution in [0, 0.1) is 0 Å². The van der Waals surface area contributed by atoms with Gasteiger partial charge in [-0.3, -0.25) is 9.80 Å². The minimum atomic E-state index is -0.0929. The van der Waals surface area contributed by atoms with Gasteiger partial charge in [0.2, 0.25) is 0 Å². The normalized spacial score (nSPS) is 39.2. The van der Waals surface area contributed by atoms with E-state index in [1.807, 2.05) is 0 Å². The summed E-state index contributed by atoms with van der Waals surface area (Å²) in [6.45, 7) is 8.22. The van der Waals surface area contributed by atoms with Crippen molar-refractivity contribution in [3.05, 3.63) is 0 Å². The van der Waals surface area contributed by atoms with Crippen LogP contribution >= 0.6 is 23.2 Å². The average Bonchev–Trinajstić information content (AvgIpc) is 2.42. The van der Waals surface area contributed by atoms with E-state index in [0.29, 0.717) is 0 Å². The van der Waals surface area contributed by atoms with E-state index < -0.39 is 0 Å². The van der Waals surface area contributed by atoms with Gasteiger partial charge in [0, 0.05) is 69.4 Å². The maximum atomic E-state index is 6.57. The van der Waals surface area contributed by atoms with E-state index >= 15 is 0 Å². The summed E-state index contributed by atoms with van der Waals surface area (Å²) in [5.74, 6) is 0. The molecule has 0 radical (unpaired) electrons.